The third-order valence-electron chi connectivity index (χ3n) is 9.40. The molecule has 274 valence electrons. The van der Waals surface area contributed by atoms with E-state index >= 15 is 0 Å². The van der Waals surface area contributed by atoms with E-state index < -0.39 is 0 Å². The number of nitrogens with zero attached hydrogens (tertiary/aromatic N) is 2. The van der Waals surface area contributed by atoms with Gasteiger partial charge in [-0.3, -0.25) is 0 Å². The maximum atomic E-state index is 11.7. The number of benzene rings is 4. The second kappa shape index (κ2) is 25.4. The summed E-state index contributed by atoms with van der Waals surface area (Å²) in [6.07, 6.45) is 15.8. The van der Waals surface area contributed by atoms with Gasteiger partial charge in [0.2, 0.25) is 11.4 Å². The van der Waals surface area contributed by atoms with Crippen LogP contribution in [0.3, 0.4) is 0 Å². The van der Waals surface area contributed by atoms with Crippen LogP contribution < -0.4 is 0 Å². The van der Waals surface area contributed by atoms with Gasteiger partial charge in [0.1, 0.15) is 0 Å². The van der Waals surface area contributed by atoms with Crippen LogP contribution in [-0.2, 0) is 42.2 Å². The van der Waals surface area contributed by atoms with Gasteiger partial charge in [0.05, 0.1) is 0 Å². The van der Waals surface area contributed by atoms with Gasteiger partial charge in [0.15, 0.2) is 0 Å². The molecule has 0 spiro atoms. The fourth-order valence-corrected chi connectivity index (χ4v) is 6.39. The summed E-state index contributed by atoms with van der Waals surface area (Å²) in [4.78, 5) is 0. The number of hydrogen-bond acceptors (Lipinski definition) is 0. The summed E-state index contributed by atoms with van der Waals surface area (Å²) in [6, 6.07) is 37.9. The standard InChI is InChI=1S/C32H44N2.2C8H9.Ni/c1-5-9-11-12-13-14-22-30-29(21-10-6-2)31(27-19-15-17-25(7-3)23-27)34(33)32(30)28-20-16-18-26(8-4)24-28;2*1-2-8-6-4-3-5-7-8;/h15-20,23-24H,5-14,21-22H2,1-4H3;2*3-7H,1-2H2;/q;2*-1;+2. The minimum atomic E-state index is 0. The van der Waals surface area contributed by atoms with E-state index in [1.54, 1.807) is 0 Å². The molecule has 1 aliphatic rings. The van der Waals surface area contributed by atoms with E-state index in [9.17, 15) is 5.53 Å². The van der Waals surface area contributed by atoms with E-state index in [1.807, 2.05) is 36.4 Å². The Morgan fingerprint density at radius 2 is 0.863 bits per heavy atom. The van der Waals surface area contributed by atoms with Crippen molar-refractivity contribution in [1.29, 1.82) is 0 Å². The Kier molecular flexibility index (Phi) is 21.7. The van der Waals surface area contributed by atoms with Crippen molar-refractivity contribution in [2.45, 2.75) is 118 Å². The molecule has 1 heterocycles. The summed E-state index contributed by atoms with van der Waals surface area (Å²) in [5.41, 5.74) is 23.9. The monoisotopic (exact) mass is 724 g/mol. The first-order chi connectivity index (χ1) is 24.5. The van der Waals surface area contributed by atoms with Crippen molar-refractivity contribution in [2.24, 2.45) is 0 Å². The average molecular weight is 726 g/mol. The molecule has 0 radical (unpaired) electrons. The van der Waals surface area contributed by atoms with Gasteiger partial charge in [-0.2, -0.15) is 12.8 Å². The van der Waals surface area contributed by atoms with Crippen LogP contribution in [0.2, 0.25) is 0 Å². The summed E-state index contributed by atoms with van der Waals surface area (Å²) in [7, 11) is 0. The Morgan fingerprint density at radius 3 is 1.25 bits per heavy atom. The van der Waals surface area contributed by atoms with Gasteiger partial charge in [0.25, 0.3) is 0 Å². The van der Waals surface area contributed by atoms with Crippen LogP contribution in [0.25, 0.3) is 16.9 Å². The van der Waals surface area contributed by atoms with E-state index in [0.29, 0.717) is 0 Å². The summed E-state index contributed by atoms with van der Waals surface area (Å²) >= 11 is 0. The topological polar surface area (TPSA) is 25.3 Å². The number of unbranched alkanes of at least 4 members (excludes halogenated alkanes) is 6. The molecule has 5 rings (SSSR count). The minimum absolute atomic E-state index is 0. The summed E-state index contributed by atoms with van der Waals surface area (Å²) in [5, 5.41) is 0. The maximum absolute atomic E-state index is 11.7. The molecule has 1 aliphatic heterocycles. The van der Waals surface area contributed by atoms with Crippen LogP contribution in [-0.4, -0.2) is 4.70 Å². The van der Waals surface area contributed by atoms with Gasteiger partial charge in [-0.05, 0) is 73.9 Å². The third kappa shape index (κ3) is 14.2. The van der Waals surface area contributed by atoms with E-state index in [1.165, 1.54) is 76.6 Å². The predicted molar refractivity (Wildman–Crippen MR) is 218 cm³/mol. The van der Waals surface area contributed by atoms with Crippen LogP contribution >= 0.6 is 0 Å². The van der Waals surface area contributed by atoms with Crippen molar-refractivity contribution in [3.63, 3.8) is 0 Å². The van der Waals surface area contributed by atoms with Crippen LogP contribution in [0, 0.1) is 13.8 Å². The van der Waals surface area contributed by atoms with Crippen LogP contribution in [0.5, 0.6) is 0 Å². The molecule has 0 unspecified atom stereocenters. The Morgan fingerprint density at radius 1 is 0.471 bits per heavy atom. The van der Waals surface area contributed by atoms with Crippen molar-refractivity contribution in [1.82, 2.24) is 0 Å². The van der Waals surface area contributed by atoms with Crippen molar-refractivity contribution >= 4 is 11.4 Å². The summed E-state index contributed by atoms with van der Waals surface area (Å²) in [6.45, 7) is 16.4. The zero-order valence-electron chi connectivity index (χ0n) is 31.9. The SMILES string of the molecule is CCCCCCCCC1=C(c2cccc(CC)c2)[N+](=[N-])C(c2cccc(CC)c2)=C1CCCC.[CH2-]Cc1ccccc1.[CH2-]Cc1ccccc1.[Ni+2]. The molecular weight excluding hydrogens is 663 g/mol. The molecule has 51 heavy (non-hydrogen) atoms. The predicted octanol–water partition coefficient (Wildman–Crippen LogP) is 14.0. The zero-order valence-corrected chi connectivity index (χ0v) is 32.9. The molecule has 4 aromatic carbocycles. The molecule has 0 bridgehead atoms. The molecule has 3 heteroatoms. The van der Waals surface area contributed by atoms with Gasteiger partial charge in [-0.1, -0.05) is 162 Å². The van der Waals surface area contributed by atoms with Crippen molar-refractivity contribution in [3.8, 4) is 0 Å². The zero-order chi connectivity index (χ0) is 36.0. The fraction of sp³-hybridized carbons (Fsp3) is 0.375. The Balaban J connectivity index is 0.000000432. The van der Waals surface area contributed by atoms with Gasteiger partial charge >= 0.3 is 16.5 Å². The number of hydrogen-bond donors (Lipinski definition) is 0. The molecule has 0 saturated heterocycles. The molecule has 0 fully saturated rings. The largest absolute Gasteiger partial charge is 2.00 e. The van der Waals surface area contributed by atoms with Crippen molar-refractivity contribution in [2.75, 3.05) is 0 Å². The smallest absolute Gasteiger partial charge is 0.493 e. The average Bonchev–Trinajstić information content (AvgIpc) is 3.46. The second-order valence-corrected chi connectivity index (χ2v) is 13.2. The Hall–Kier alpha value is -3.55. The number of aryl methyl sites for hydroxylation is 2. The van der Waals surface area contributed by atoms with Crippen LogP contribution in [0.1, 0.15) is 125 Å². The summed E-state index contributed by atoms with van der Waals surface area (Å²) in [5.74, 6) is 0. The first-order valence-corrected chi connectivity index (χ1v) is 19.3. The van der Waals surface area contributed by atoms with Crippen molar-refractivity contribution < 1.29 is 21.2 Å². The molecule has 0 aromatic heterocycles. The van der Waals surface area contributed by atoms with E-state index in [0.717, 1.165) is 73.9 Å². The van der Waals surface area contributed by atoms with Gasteiger partial charge in [-0.15, -0.1) is 0 Å². The van der Waals surface area contributed by atoms with Gasteiger partial charge in [-0.25, -0.2) is 4.70 Å². The number of allylic oxidation sites excluding steroid dienone is 2. The molecule has 0 N–H and O–H groups in total. The minimum Gasteiger partial charge on any atom is -0.493 e. The third-order valence-corrected chi connectivity index (χ3v) is 9.40. The maximum Gasteiger partial charge on any atom is 2.00 e. The van der Waals surface area contributed by atoms with Crippen molar-refractivity contribution in [3.05, 3.63) is 173 Å². The second-order valence-electron chi connectivity index (χ2n) is 13.2. The molecule has 0 aliphatic carbocycles. The van der Waals surface area contributed by atoms with E-state index in [2.05, 4.69) is 114 Å². The van der Waals surface area contributed by atoms with E-state index in [-0.39, 0.29) is 16.5 Å². The van der Waals surface area contributed by atoms with Gasteiger partial charge < -0.3 is 19.4 Å². The molecular formula is C48H62N2Ni. The summed E-state index contributed by atoms with van der Waals surface area (Å²) < 4.78 is 1.53. The first kappa shape index (κ1) is 43.6. The molecule has 0 atom stereocenters. The Labute approximate surface area is 321 Å². The fourth-order valence-electron chi connectivity index (χ4n) is 6.39. The molecule has 0 saturated carbocycles. The van der Waals surface area contributed by atoms with E-state index in [4.69, 9.17) is 0 Å². The quantitative estimate of drug-likeness (QED) is 0.0476. The van der Waals surface area contributed by atoms with Gasteiger partial charge in [0, 0.05) is 22.3 Å². The molecule has 0 amide bonds. The van der Waals surface area contributed by atoms with Crippen LogP contribution in [0.4, 0.5) is 0 Å². The number of rotatable bonds is 16. The molecule has 4 aromatic rings. The Bertz CT molecular complexity index is 1580. The van der Waals surface area contributed by atoms with Crippen LogP contribution in [0.15, 0.2) is 120 Å². The molecule has 2 nitrogen and oxygen atoms in total. The first-order valence-electron chi connectivity index (χ1n) is 19.3. The normalized spacial score (nSPS) is 12.2.